The number of fused-ring (bicyclic) bond motifs is 1. The predicted octanol–water partition coefficient (Wildman–Crippen LogP) is 4.24. The van der Waals surface area contributed by atoms with Gasteiger partial charge in [-0.3, -0.25) is 4.98 Å². The van der Waals surface area contributed by atoms with E-state index in [9.17, 15) is 4.39 Å². The molecule has 3 aromatic heterocycles. The SMILES string of the molecule is Cc1ccncc1-c1ccnc2c1cnn2-c1cc(F)ccc1C. The van der Waals surface area contributed by atoms with Crippen LogP contribution in [0.25, 0.3) is 27.8 Å². The highest BCUT2D eigenvalue weighted by Gasteiger charge is 2.14. The molecular formula is C19H15FN4. The molecule has 0 amide bonds. The second-order valence-corrected chi connectivity index (χ2v) is 5.77. The molecule has 0 fully saturated rings. The van der Waals surface area contributed by atoms with Crippen LogP contribution in [0.4, 0.5) is 4.39 Å². The van der Waals surface area contributed by atoms with Crippen molar-refractivity contribution in [2.24, 2.45) is 0 Å². The first-order valence-electron chi connectivity index (χ1n) is 7.65. The summed E-state index contributed by atoms with van der Waals surface area (Å²) in [6.07, 6.45) is 7.14. The average Bonchev–Trinajstić information content (AvgIpc) is 3.01. The number of aromatic nitrogens is 4. The number of benzene rings is 1. The molecule has 0 radical (unpaired) electrons. The maximum atomic E-state index is 13.7. The summed E-state index contributed by atoms with van der Waals surface area (Å²) in [7, 11) is 0. The Kier molecular flexibility index (Phi) is 3.34. The predicted molar refractivity (Wildman–Crippen MR) is 91.5 cm³/mol. The normalized spacial score (nSPS) is 11.1. The largest absolute Gasteiger partial charge is 0.264 e. The molecule has 0 aliphatic heterocycles. The maximum absolute atomic E-state index is 13.7. The summed E-state index contributed by atoms with van der Waals surface area (Å²) in [6.45, 7) is 3.97. The average molecular weight is 318 g/mol. The molecule has 0 aliphatic carbocycles. The van der Waals surface area contributed by atoms with E-state index in [-0.39, 0.29) is 5.82 Å². The van der Waals surface area contributed by atoms with E-state index in [1.807, 2.05) is 32.2 Å². The van der Waals surface area contributed by atoms with Gasteiger partial charge < -0.3 is 0 Å². The van der Waals surface area contributed by atoms with Crippen molar-refractivity contribution in [3.63, 3.8) is 0 Å². The van der Waals surface area contributed by atoms with Crippen LogP contribution in [0.15, 0.2) is 55.1 Å². The number of nitrogens with zero attached hydrogens (tertiary/aromatic N) is 4. The molecule has 24 heavy (non-hydrogen) atoms. The number of hydrogen-bond donors (Lipinski definition) is 0. The van der Waals surface area contributed by atoms with Crippen LogP contribution in [-0.2, 0) is 0 Å². The van der Waals surface area contributed by atoms with Gasteiger partial charge in [-0.05, 0) is 54.8 Å². The third-order valence-electron chi connectivity index (χ3n) is 4.20. The first-order chi connectivity index (χ1) is 11.6. The molecule has 4 rings (SSSR count). The molecule has 0 unspecified atom stereocenters. The molecule has 0 aliphatic rings. The lowest BCUT2D eigenvalue weighted by Crippen LogP contribution is -2.01. The van der Waals surface area contributed by atoms with Gasteiger partial charge in [0.25, 0.3) is 0 Å². The fraction of sp³-hybridized carbons (Fsp3) is 0.105. The lowest BCUT2D eigenvalue weighted by atomic mass is 10.0. The summed E-state index contributed by atoms with van der Waals surface area (Å²) < 4.78 is 15.4. The molecule has 0 bridgehead atoms. The van der Waals surface area contributed by atoms with E-state index in [0.29, 0.717) is 11.3 Å². The van der Waals surface area contributed by atoms with E-state index in [1.54, 1.807) is 29.3 Å². The van der Waals surface area contributed by atoms with Crippen molar-refractivity contribution in [1.29, 1.82) is 0 Å². The minimum Gasteiger partial charge on any atom is -0.264 e. The van der Waals surface area contributed by atoms with Crippen LogP contribution < -0.4 is 0 Å². The third-order valence-corrected chi connectivity index (χ3v) is 4.20. The standard InChI is InChI=1S/C19H15FN4/c1-12-5-7-21-10-16(12)15-6-8-22-19-17(15)11-23-24(19)18-9-14(20)4-3-13(18)2/h3-11H,1-2H3. The first-order valence-corrected chi connectivity index (χ1v) is 7.65. The zero-order valence-electron chi connectivity index (χ0n) is 13.4. The quantitative estimate of drug-likeness (QED) is 0.555. The van der Waals surface area contributed by atoms with Crippen molar-refractivity contribution in [3.8, 4) is 16.8 Å². The molecule has 0 saturated carbocycles. The molecule has 5 heteroatoms. The number of halogens is 1. The highest BCUT2D eigenvalue weighted by molar-refractivity contribution is 5.93. The highest BCUT2D eigenvalue weighted by Crippen LogP contribution is 2.30. The topological polar surface area (TPSA) is 43.6 Å². The molecule has 0 spiro atoms. The summed E-state index contributed by atoms with van der Waals surface area (Å²) in [5.74, 6) is -0.293. The molecular weight excluding hydrogens is 303 g/mol. The summed E-state index contributed by atoms with van der Waals surface area (Å²) in [5, 5.41) is 5.36. The Hall–Kier alpha value is -3.08. The Morgan fingerprint density at radius 1 is 0.917 bits per heavy atom. The Labute approximate surface area is 138 Å². The van der Waals surface area contributed by atoms with E-state index in [4.69, 9.17) is 0 Å². The van der Waals surface area contributed by atoms with Gasteiger partial charge in [0.15, 0.2) is 5.65 Å². The van der Waals surface area contributed by atoms with Crippen LogP contribution in [0.3, 0.4) is 0 Å². The zero-order chi connectivity index (χ0) is 16.7. The van der Waals surface area contributed by atoms with Gasteiger partial charge in [-0.1, -0.05) is 6.07 Å². The molecule has 0 saturated heterocycles. The van der Waals surface area contributed by atoms with Crippen LogP contribution in [-0.4, -0.2) is 19.7 Å². The van der Waals surface area contributed by atoms with Crippen LogP contribution in [0, 0.1) is 19.7 Å². The number of rotatable bonds is 2. The molecule has 4 aromatic rings. The van der Waals surface area contributed by atoms with Crippen molar-refractivity contribution in [3.05, 3.63) is 72.1 Å². The minimum absolute atomic E-state index is 0.293. The smallest absolute Gasteiger partial charge is 0.163 e. The molecule has 1 aromatic carbocycles. The summed E-state index contributed by atoms with van der Waals surface area (Å²) in [4.78, 5) is 8.68. The second-order valence-electron chi connectivity index (χ2n) is 5.77. The van der Waals surface area contributed by atoms with Crippen LogP contribution in [0.5, 0.6) is 0 Å². The Morgan fingerprint density at radius 3 is 2.62 bits per heavy atom. The monoisotopic (exact) mass is 318 g/mol. The van der Waals surface area contributed by atoms with Crippen molar-refractivity contribution < 1.29 is 4.39 Å². The van der Waals surface area contributed by atoms with Crippen LogP contribution >= 0.6 is 0 Å². The molecule has 0 N–H and O–H groups in total. The van der Waals surface area contributed by atoms with E-state index >= 15 is 0 Å². The fourth-order valence-electron chi connectivity index (χ4n) is 2.90. The fourth-order valence-corrected chi connectivity index (χ4v) is 2.90. The van der Waals surface area contributed by atoms with Gasteiger partial charge in [-0.2, -0.15) is 5.10 Å². The Morgan fingerprint density at radius 2 is 1.79 bits per heavy atom. The molecule has 118 valence electrons. The van der Waals surface area contributed by atoms with E-state index in [2.05, 4.69) is 15.1 Å². The van der Waals surface area contributed by atoms with Crippen molar-refractivity contribution >= 4 is 11.0 Å². The molecule has 0 atom stereocenters. The van der Waals surface area contributed by atoms with E-state index < -0.39 is 0 Å². The summed E-state index contributed by atoms with van der Waals surface area (Å²) >= 11 is 0. The van der Waals surface area contributed by atoms with Gasteiger partial charge in [0, 0.05) is 29.5 Å². The summed E-state index contributed by atoms with van der Waals surface area (Å²) in [5.41, 5.74) is 5.52. The molecule has 4 nitrogen and oxygen atoms in total. The number of aryl methyl sites for hydroxylation is 2. The van der Waals surface area contributed by atoms with Gasteiger partial charge in [0.1, 0.15) is 5.82 Å². The third kappa shape index (κ3) is 2.25. The Balaban J connectivity index is 1.98. The Bertz CT molecular complexity index is 1050. The van der Waals surface area contributed by atoms with Gasteiger partial charge in [0.05, 0.1) is 11.9 Å². The van der Waals surface area contributed by atoms with Crippen LogP contribution in [0.2, 0.25) is 0 Å². The van der Waals surface area contributed by atoms with Crippen molar-refractivity contribution in [2.75, 3.05) is 0 Å². The van der Waals surface area contributed by atoms with Crippen LogP contribution in [0.1, 0.15) is 11.1 Å². The lowest BCUT2D eigenvalue weighted by Gasteiger charge is -2.09. The lowest BCUT2D eigenvalue weighted by molar-refractivity contribution is 0.625. The highest BCUT2D eigenvalue weighted by atomic mass is 19.1. The number of pyridine rings is 2. The van der Waals surface area contributed by atoms with E-state index in [0.717, 1.165) is 27.6 Å². The zero-order valence-corrected chi connectivity index (χ0v) is 13.4. The van der Waals surface area contributed by atoms with Gasteiger partial charge in [-0.25, -0.2) is 14.1 Å². The van der Waals surface area contributed by atoms with Gasteiger partial charge in [0.2, 0.25) is 0 Å². The minimum atomic E-state index is -0.293. The second kappa shape index (κ2) is 5.53. The van der Waals surface area contributed by atoms with Gasteiger partial charge in [-0.15, -0.1) is 0 Å². The van der Waals surface area contributed by atoms with E-state index in [1.165, 1.54) is 12.1 Å². The summed E-state index contributed by atoms with van der Waals surface area (Å²) in [6, 6.07) is 8.60. The number of hydrogen-bond acceptors (Lipinski definition) is 3. The first kappa shape index (κ1) is 14.5. The van der Waals surface area contributed by atoms with Crippen molar-refractivity contribution in [1.82, 2.24) is 19.7 Å². The van der Waals surface area contributed by atoms with Gasteiger partial charge >= 0.3 is 0 Å². The maximum Gasteiger partial charge on any atom is 0.163 e. The van der Waals surface area contributed by atoms with Crippen molar-refractivity contribution in [2.45, 2.75) is 13.8 Å². The molecule has 3 heterocycles.